The second-order valence-electron chi connectivity index (χ2n) is 7.78. The van der Waals surface area contributed by atoms with E-state index in [-0.39, 0.29) is 23.9 Å². The number of benzene rings is 1. The number of carbonyl (C=O) groups excluding carboxylic acids is 1. The predicted octanol–water partition coefficient (Wildman–Crippen LogP) is 4.03. The summed E-state index contributed by atoms with van der Waals surface area (Å²) in [6.07, 6.45) is 4.19. The van der Waals surface area contributed by atoms with Crippen LogP contribution in [0.3, 0.4) is 0 Å². The first-order chi connectivity index (χ1) is 12.5. The number of aromatic nitrogens is 2. The summed E-state index contributed by atoms with van der Waals surface area (Å²) in [5.74, 6) is 1.65. The third-order valence-corrected chi connectivity index (χ3v) is 5.66. The number of nitrogens with one attached hydrogen (secondary N) is 1. The number of aryl methyl sites for hydroxylation is 2. The number of fused-ring (bicyclic) bond motifs is 1. The molecule has 5 heteroatoms. The van der Waals surface area contributed by atoms with Crippen LogP contribution in [0, 0.1) is 25.7 Å². The second-order valence-corrected chi connectivity index (χ2v) is 7.78. The normalized spacial score (nSPS) is 24.9. The third kappa shape index (κ3) is 2.96. The SMILES string of the molecule is CC(=O)N1c2ccc(C)cc2C(Nc2nccc(C)n2)C(C)[C@@H]1C1CC1. The van der Waals surface area contributed by atoms with Crippen molar-refractivity contribution in [2.24, 2.45) is 11.8 Å². The summed E-state index contributed by atoms with van der Waals surface area (Å²) in [7, 11) is 0. The van der Waals surface area contributed by atoms with Crippen molar-refractivity contribution < 1.29 is 4.79 Å². The summed E-state index contributed by atoms with van der Waals surface area (Å²) in [4.78, 5) is 23.5. The Labute approximate surface area is 154 Å². The zero-order chi connectivity index (χ0) is 18.4. The van der Waals surface area contributed by atoms with Crippen molar-refractivity contribution >= 4 is 17.5 Å². The van der Waals surface area contributed by atoms with Gasteiger partial charge in [0.15, 0.2) is 0 Å². The standard InChI is InChI=1S/C21H26N4O/c1-12-5-8-18-17(11-12)19(24-21-22-10-9-13(2)23-21)14(3)20(16-6-7-16)25(18)15(4)26/h5,8-11,14,16,19-20H,6-7H2,1-4H3,(H,22,23,24)/t14?,19?,20-/m1/s1. The first kappa shape index (κ1) is 17.0. The molecule has 1 N–H and O–H groups in total. The maximum atomic E-state index is 12.5. The maximum Gasteiger partial charge on any atom is 0.224 e. The van der Waals surface area contributed by atoms with Gasteiger partial charge < -0.3 is 10.2 Å². The molecule has 3 atom stereocenters. The van der Waals surface area contributed by atoms with Crippen molar-refractivity contribution in [2.75, 3.05) is 10.2 Å². The average Bonchev–Trinajstić information content (AvgIpc) is 3.41. The summed E-state index contributed by atoms with van der Waals surface area (Å²) in [5, 5.41) is 3.57. The van der Waals surface area contributed by atoms with Gasteiger partial charge in [0.1, 0.15) is 0 Å². The van der Waals surface area contributed by atoms with E-state index in [4.69, 9.17) is 0 Å². The van der Waals surface area contributed by atoms with E-state index in [1.54, 1.807) is 13.1 Å². The van der Waals surface area contributed by atoms with Crippen molar-refractivity contribution in [3.8, 4) is 0 Å². The van der Waals surface area contributed by atoms with Crippen molar-refractivity contribution in [3.63, 3.8) is 0 Å². The van der Waals surface area contributed by atoms with Gasteiger partial charge in [0, 0.05) is 36.5 Å². The van der Waals surface area contributed by atoms with Crippen LogP contribution in [-0.4, -0.2) is 21.9 Å². The van der Waals surface area contributed by atoms with Crippen molar-refractivity contribution in [3.05, 3.63) is 47.3 Å². The highest BCUT2D eigenvalue weighted by Crippen LogP contribution is 2.49. The van der Waals surface area contributed by atoms with Crippen LogP contribution in [0.2, 0.25) is 0 Å². The molecule has 0 bridgehead atoms. The molecule has 2 aliphatic rings. The topological polar surface area (TPSA) is 58.1 Å². The molecule has 2 heterocycles. The van der Waals surface area contributed by atoms with Gasteiger partial charge in [0.25, 0.3) is 0 Å². The fourth-order valence-electron chi connectivity index (χ4n) is 4.34. The van der Waals surface area contributed by atoms with Gasteiger partial charge in [-0.15, -0.1) is 0 Å². The van der Waals surface area contributed by atoms with Crippen LogP contribution in [0.4, 0.5) is 11.6 Å². The molecule has 2 unspecified atom stereocenters. The Morgan fingerprint density at radius 1 is 1.23 bits per heavy atom. The summed E-state index contributed by atoms with van der Waals surface area (Å²) in [6.45, 7) is 8.00. The van der Waals surface area contributed by atoms with Gasteiger partial charge in [0.2, 0.25) is 11.9 Å². The van der Waals surface area contributed by atoms with Gasteiger partial charge in [-0.25, -0.2) is 9.97 Å². The van der Waals surface area contributed by atoms with E-state index in [0.29, 0.717) is 11.9 Å². The van der Waals surface area contributed by atoms with E-state index in [9.17, 15) is 4.79 Å². The molecular weight excluding hydrogens is 324 g/mol. The molecule has 1 saturated carbocycles. The number of rotatable bonds is 3. The van der Waals surface area contributed by atoms with Crippen LogP contribution in [-0.2, 0) is 4.79 Å². The zero-order valence-corrected chi connectivity index (χ0v) is 15.9. The molecule has 1 aliphatic carbocycles. The Kier molecular flexibility index (Phi) is 4.17. The fraction of sp³-hybridized carbons (Fsp3) is 0.476. The first-order valence-electron chi connectivity index (χ1n) is 9.42. The number of amides is 1. The van der Waals surface area contributed by atoms with Crippen LogP contribution in [0.5, 0.6) is 0 Å². The van der Waals surface area contributed by atoms with E-state index in [1.807, 2.05) is 17.9 Å². The van der Waals surface area contributed by atoms with Crippen molar-refractivity contribution in [1.29, 1.82) is 0 Å². The molecule has 1 aromatic carbocycles. The lowest BCUT2D eigenvalue weighted by Gasteiger charge is -2.45. The van der Waals surface area contributed by atoms with Crippen LogP contribution >= 0.6 is 0 Å². The van der Waals surface area contributed by atoms with Crippen LogP contribution < -0.4 is 10.2 Å². The van der Waals surface area contributed by atoms with Gasteiger partial charge in [-0.05, 0) is 50.3 Å². The van der Waals surface area contributed by atoms with E-state index >= 15 is 0 Å². The number of nitrogens with zero attached hydrogens (tertiary/aromatic N) is 3. The molecular formula is C21H26N4O. The molecule has 1 aliphatic heterocycles. The zero-order valence-electron chi connectivity index (χ0n) is 15.9. The molecule has 0 radical (unpaired) electrons. The molecule has 0 spiro atoms. The van der Waals surface area contributed by atoms with E-state index in [0.717, 1.165) is 16.9 Å². The summed E-state index contributed by atoms with van der Waals surface area (Å²) in [6, 6.07) is 8.60. The lowest BCUT2D eigenvalue weighted by atomic mass is 9.79. The maximum absolute atomic E-state index is 12.5. The third-order valence-electron chi connectivity index (χ3n) is 5.66. The van der Waals surface area contributed by atoms with Gasteiger partial charge in [-0.3, -0.25) is 4.79 Å². The number of hydrogen-bond donors (Lipinski definition) is 1. The van der Waals surface area contributed by atoms with Gasteiger partial charge in [-0.2, -0.15) is 0 Å². The molecule has 1 fully saturated rings. The van der Waals surface area contributed by atoms with Crippen LogP contribution in [0.1, 0.15) is 49.6 Å². The van der Waals surface area contributed by atoms with Crippen LogP contribution in [0.15, 0.2) is 30.5 Å². The Bertz CT molecular complexity index is 846. The molecule has 5 nitrogen and oxygen atoms in total. The Morgan fingerprint density at radius 2 is 2.00 bits per heavy atom. The summed E-state index contributed by atoms with van der Waals surface area (Å²) >= 11 is 0. The molecule has 1 amide bonds. The lowest BCUT2D eigenvalue weighted by Crippen LogP contribution is -2.51. The van der Waals surface area contributed by atoms with Crippen molar-refractivity contribution in [1.82, 2.24) is 9.97 Å². The van der Waals surface area contributed by atoms with E-state index in [1.165, 1.54) is 18.4 Å². The summed E-state index contributed by atoms with van der Waals surface area (Å²) < 4.78 is 0. The highest BCUT2D eigenvalue weighted by molar-refractivity contribution is 5.94. The molecule has 2 aromatic rings. The minimum absolute atomic E-state index is 0.0906. The largest absolute Gasteiger partial charge is 0.347 e. The molecule has 4 rings (SSSR count). The van der Waals surface area contributed by atoms with E-state index in [2.05, 4.69) is 47.3 Å². The van der Waals surface area contributed by atoms with Gasteiger partial charge >= 0.3 is 0 Å². The second kappa shape index (κ2) is 6.38. The fourth-order valence-corrected chi connectivity index (χ4v) is 4.34. The highest BCUT2D eigenvalue weighted by atomic mass is 16.2. The van der Waals surface area contributed by atoms with Crippen molar-refractivity contribution in [2.45, 2.75) is 52.6 Å². The number of carbonyl (C=O) groups is 1. The predicted molar refractivity (Wildman–Crippen MR) is 103 cm³/mol. The van der Waals surface area contributed by atoms with Gasteiger partial charge in [-0.1, -0.05) is 24.6 Å². The molecule has 0 saturated heterocycles. The minimum Gasteiger partial charge on any atom is -0.347 e. The molecule has 1 aromatic heterocycles. The smallest absolute Gasteiger partial charge is 0.224 e. The Balaban J connectivity index is 1.80. The van der Waals surface area contributed by atoms with E-state index < -0.39 is 0 Å². The van der Waals surface area contributed by atoms with Crippen LogP contribution in [0.25, 0.3) is 0 Å². The quantitative estimate of drug-likeness (QED) is 0.908. The molecule has 136 valence electrons. The lowest BCUT2D eigenvalue weighted by molar-refractivity contribution is -0.117. The average molecular weight is 350 g/mol. The van der Waals surface area contributed by atoms with Gasteiger partial charge in [0.05, 0.1) is 6.04 Å². The Hall–Kier alpha value is -2.43. The summed E-state index contributed by atoms with van der Waals surface area (Å²) in [5.41, 5.74) is 4.33. The highest BCUT2D eigenvalue weighted by Gasteiger charge is 2.47. The number of hydrogen-bond acceptors (Lipinski definition) is 4. The first-order valence-corrected chi connectivity index (χ1v) is 9.42. The Morgan fingerprint density at radius 3 is 2.65 bits per heavy atom. The monoisotopic (exact) mass is 350 g/mol. The number of anilines is 2. The molecule has 26 heavy (non-hydrogen) atoms. The minimum atomic E-state index is 0.0906.